The van der Waals surface area contributed by atoms with Gasteiger partial charge in [-0.3, -0.25) is 0 Å². The highest BCUT2D eigenvalue weighted by Gasteiger charge is 2.14. The standard InChI is InChI=1S/C8H18N2.ClH/c9-7-5-3-1-2-4-6-8(7)10;/h7-8H,1-6,9-10H2;1H/t7-,8-;/m1./s1. The molecule has 0 unspecified atom stereocenters. The third-order valence-electron chi connectivity index (χ3n) is 2.37. The Balaban J connectivity index is 0.000001000. The Hall–Kier alpha value is 0.210. The Morgan fingerprint density at radius 1 is 0.727 bits per heavy atom. The van der Waals surface area contributed by atoms with Gasteiger partial charge in [0.15, 0.2) is 0 Å². The van der Waals surface area contributed by atoms with Crippen LogP contribution in [0, 0.1) is 0 Å². The summed E-state index contributed by atoms with van der Waals surface area (Å²) in [7, 11) is 0. The molecule has 0 amide bonds. The maximum Gasteiger partial charge on any atom is 0.0192 e. The van der Waals surface area contributed by atoms with Crippen LogP contribution < -0.4 is 11.5 Å². The molecule has 0 bridgehead atoms. The smallest absolute Gasteiger partial charge is 0.0192 e. The first-order valence-corrected chi connectivity index (χ1v) is 4.32. The van der Waals surface area contributed by atoms with Gasteiger partial charge < -0.3 is 11.5 Å². The van der Waals surface area contributed by atoms with Crippen molar-refractivity contribution in [3.8, 4) is 0 Å². The maximum atomic E-state index is 5.82. The van der Waals surface area contributed by atoms with Gasteiger partial charge in [0.1, 0.15) is 0 Å². The molecule has 1 aliphatic carbocycles. The monoisotopic (exact) mass is 178 g/mol. The van der Waals surface area contributed by atoms with Gasteiger partial charge >= 0.3 is 0 Å². The highest BCUT2D eigenvalue weighted by molar-refractivity contribution is 5.85. The van der Waals surface area contributed by atoms with E-state index in [4.69, 9.17) is 11.5 Å². The number of hydrogen-bond acceptors (Lipinski definition) is 2. The van der Waals surface area contributed by atoms with E-state index in [1.165, 1.54) is 25.7 Å². The van der Waals surface area contributed by atoms with E-state index < -0.39 is 0 Å². The van der Waals surface area contributed by atoms with Crippen LogP contribution in [0.25, 0.3) is 0 Å². The lowest BCUT2D eigenvalue weighted by Gasteiger charge is -2.22. The van der Waals surface area contributed by atoms with Gasteiger partial charge in [-0.1, -0.05) is 25.7 Å². The van der Waals surface area contributed by atoms with Crippen molar-refractivity contribution in [2.45, 2.75) is 50.6 Å². The Bertz CT molecular complexity index is 86.1. The van der Waals surface area contributed by atoms with Crippen LogP contribution in [0.4, 0.5) is 0 Å². The largest absolute Gasteiger partial charge is 0.326 e. The first-order chi connectivity index (χ1) is 4.80. The molecule has 0 aromatic heterocycles. The Morgan fingerprint density at radius 3 is 1.45 bits per heavy atom. The van der Waals surface area contributed by atoms with E-state index >= 15 is 0 Å². The number of hydrogen-bond donors (Lipinski definition) is 2. The van der Waals surface area contributed by atoms with Crippen LogP contribution >= 0.6 is 12.4 Å². The molecule has 0 heterocycles. The molecule has 0 aromatic carbocycles. The average Bonchev–Trinajstić information content (AvgIpc) is 1.92. The second-order valence-corrected chi connectivity index (χ2v) is 3.32. The fraction of sp³-hybridized carbons (Fsp3) is 1.00. The van der Waals surface area contributed by atoms with E-state index in [9.17, 15) is 0 Å². The summed E-state index contributed by atoms with van der Waals surface area (Å²) in [5.41, 5.74) is 11.6. The van der Waals surface area contributed by atoms with Crippen LogP contribution in [-0.2, 0) is 0 Å². The normalized spacial score (nSPS) is 33.3. The lowest BCUT2D eigenvalue weighted by molar-refractivity contribution is 0.403. The minimum atomic E-state index is 0. The fourth-order valence-electron chi connectivity index (χ4n) is 1.54. The molecule has 0 aliphatic heterocycles. The Labute approximate surface area is 75.1 Å². The lowest BCUT2D eigenvalue weighted by Crippen LogP contribution is -2.41. The molecule has 1 fully saturated rings. The summed E-state index contributed by atoms with van der Waals surface area (Å²) in [5, 5.41) is 0. The van der Waals surface area contributed by atoms with Gasteiger partial charge in [-0.2, -0.15) is 0 Å². The number of rotatable bonds is 0. The van der Waals surface area contributed by atoms with Gasteiger partial charge in [0.05, 0.1) is 0 Å². The third-order valence-corrected chi connectivity index (χ3v) is 2.37. The number of nitrogens with two attached hydrogens (primary N) is 2. The molecule has 1 saturated carbocycles. The van der Waals surface area contributed by atoms with Crippen LogP contribution in [0.3, 0.4) is 0 Å². The van der Waals surface area contributed by atoms with Crippen LogP contribution in [-0.4, -0.2) is 12.1 Å². The minimum Gasteiger partial charge on any atom is -0.326 e. The topological polar surface area (TPSA) is 52.0 Å². The summed E-state index contributed by atoms with van der Waals surface area (Å²) in [5.74, 6) is 0. The van der Waals surface area contributed by atoms with Crippen molar-refractivity contribution in [3.05, 3.63) is 0 Å². The van der Waals surface area contributed by atoms with Crippen molar-refractivity contribution in [1.29, 1.82) is 0 Å². The molecule has 1 rings (SSSR count). The van der Waals surface area contributed by atoms with Gasteiger partial charge in [-0.25, -0.2) is 0 Å². The lowest BCUT2D eigenvalue weighted by atomic mass is 9.94. The van der Waals surface area contributed by atoms with Gasteiger partial charge in [-0.05, 0) is 12.8 Å². The van der Waals surface area contributed by atoms with Crippen molar-refractivity contribution in [2.75, 3.05) is 0 Å². The molecule has 11 heavy (non-hydrogen) atoms. The first kappa shape index (κ1) is 11.2. The van der Waals surface area contributed by atoms with Gasteiger partial charge in [0, 0.05) is 12.1 Å². The zero-order valence-corrected chi connectivity index (χ0v) is 7.78. The maximum absolute atomic E-state index is 5.82. The van der Waals surface area contributed by atoms with Gasteiger partial charge in [0.25, 0.3) is 0 Å². The van der Waals surface area contributed by atoms with Crippen molar-refractivity contribution in [3.63, 3.8) is 0 Å². The molecule has 0 aromatic rings. The Kier molecular flexibility index (Phi) is 5.92. The summed E-state index contributed by atoms with van der Waals surface area (Å²) >= 11 is 0. The first-order valence-electron chi connectivity index (χ1n) is 4.32. The Morgan fingerprint density at radius 2 is 1.09 bits per heavy atom. The summed E-state index contributed by atoms with van der Waals surface area (Å²) in [6.07, 6.45) is 7.49. The van der Waals surface area contributed by atoms with E-state index in [0.717, 1.165) is 12.8 Å². The quantitative estimate of drug-likeness (QED) is 0.590. The van der Waals surface area contributed by atoms with E-state index in [2.05, 4.69) is 0 Å². The molecule has 4 N–H and O–H groups in total. The van der Waals surface area contributed by atoms with Crippen molar-refractivity contribution in [1.82, 2.24) is 0 Å². The SMILES string of the molecule is Cl.N[C@@H]1CCCCCC[C@H]1N. The van der Waals surface area contributed by atoms with E-state index in [0.29, 0.717) is 0 Å². The molecular weight excluding hydrogens is 160 g/mol. The predicted molar refractivity (Wildman–Crippen MR) is 50.9 cm³/mol. The summed E-state index contributed by atoms with van der Waals surface area (Å²) in [4.78, 5) is 0. The molecule has 0 spiro atoms. The molecule has 68 valence electrons. The molecule has 0 saturated heterocycles. The predicted octanol–water partition coefficient (Wildman–Crippen LogP) is 1.42. The zero-order valence-electron chi connectivity index (χ0n) is 6.96. The van der Waals surface area contributed by atoms with Crippen molar-refractivity contribution >= 4 is 12.4 Å². The summed E-state index contributed by atoms with van der Waals surface area (Å²) in [6.45, 7) is 0. The second kappa shape index (κ2) is 5.81. The third kappa shape index (κ3) is 3.94. The highest BCUT2D eigenvalue weighted by atomic mass is 35.5. The molecule has 2 atom stereocenters. The molecule has 2 nitrogen and oxygen atoms in total. The highest BCUT2D eigenvalue weighted by Crippen LogP contribution is 2.14. The average molecular weight is 179 g/mol. The van der Waals surface area contributed by atoms with Crippen LogP contribution in [0.2, 0.25) is 0 Å². The minimum absolute atomic E-state index is 0. The van der Waals surface area contributed by atoms with Crippen LogP contribution in [0.5, 0.6) is 0 Å². The molecule has 3 heteroatoms. The van der Waals surface area contributed by atoms with E-state index in [-0.39, 0.29) is 24.5 Å². The zero-order chi connectivity index (χ0) is 7.40. The number of halogens is 1. The van der Waals surface area contributed by atoms with E-state index in [1.54, 1.807) is 0 Å². The van der Waals surface area contributed by atoms with Crippen LogP contribution in [0.1, 0.15) is 38.5 Å². The van der Waals surface area contributed by atoms with Gasteiger partial charge in [0.2, 0.25) is 0 Å². The molecule has 1 aliphatic rings. The fourth-order valence-corrected chi connectivity index (χ4v) is 1.54. The summed E-state index contributed by atoms with van der Waals surface area (Å²) < 4.78 is 0. The summed E-state index contributed by atoms with van der Waals surface area (Å²) in [6, 6.07) is 0.528. The van der Waals surface area contributed by atoms with E-state index in [1.807, 2.05) is 0 Å². The molecule has 0 radical (unpaired) electrons. The van der Waals surface area contributed by atoms with Crippen molar-refractivity contribution < 1.29 is 0 Å². The van der Waals surface area contributed by atoms with Crippen LogP contribution in [0.15, 0.2) is 0 Å². The molecular formula is C8H19ClN2. The van der Waals surface area contributed by atoms with Crippen molar-refractivity contribution in [2.24, 2.45) is 11.5 Å². The van der Waals surface area contributed by atoms with Gasteiger partial charge in [-0.15, -0.1) is 12.4 Å². The second-order valence-electron chi connectivity index (χ2n) is 3.32.